The third kappa shape index (κ3) is 5.47. The molecule has 0 unspecified atom stereocenters. The van der Waals surface area contributed by atoms with Gasteiger partial charge in [0.25, 0.3) is 0 Å². The summed E-state index contributed by atoms with van der Waals surface area (Å²) in [4.78, 5) is 13.2. The van der Waals surface area contributed by atoms with Crippen LogP contribution in [-0.2, 0) is 20.2 Å². The summed E-state index contributed by atoms with van der Waals surface area (Å²) >= 11 is 1.57. The number of amides is 1. The lowest BCUT2D eigenvalue weighted by molar-refractivity contribution is -0.123. The summed E-state index contributed by atoms with van der Waals surface area (Å²) in [6, 6.07) is 13.8. The second kappa shape index (κ2) is 10.4. The maximum Gasteiger partial charge on any atom is 0.241 e. The summed E-state index contributed by atoms with van der Waals surface area (Å²) < 4.78 is 39.8. The largest absolute Gasteiger partial charge is 0.486 e. The first kappa shape index (κ1) is 23.9. The van der Waals surface area contributed by atoms with Crippen LogP contribution in [-0.4, -0.2) is 52.1 Å². The minimum atomic E-state index is -3.92. The molecule has 178 valence electrons. The molecule has 1 heterocycles. The van der Waals surface area contributed by atoms with Crippen LogP contribution >= 0.6 is 11.8 Å². The van der Waals surface area contributed by atoms with Gasteiger partial charge in [0.2, 0.25) is 15.9 Å². The second-order valence-corrected chi connectivity index (χ2v) is 11.2. The second-order valence-electron chi connectivity index (χ2n) is 8.48. The van der Waals surface area contributed by atoms with Crippen molar-refractivity contribution < 1.29 is 22.7 Å². The molecule has 0 spiro atoms. The van der Waals surface area contributed by atoms with Crippen LogP contribution in [0.4, 0.5) is 0 Å². The van der Waals surface area contributed by atoms with Gasteiger partial charge in [-0.05, 0) is 49.0 Å². The number of fused-ring (bicyclic) bond motifs is 1. The Kier molecular flexibility index (Phi) is 7.51. The number of hydrogen-bond acceptors (Lipinski definition) is 6. The Morgan fingerprint density at radius 1 is 1.09 bits per heavy atom. The topological polar surface area (TPSA) is 93.7 Å². The maximum atomic E-state index is 13.1. The molecule has 2 N–H and O–H groups in total. The van der Waals surface area contributed by atoms with Crippen LogP contribution in [0.1, 0.15) is 31.2 Å². The number of nitrogens with one attached hydrogen (secondary N) is 2. The van der Waals surface area contributed by atoms with Gasteiger partial charge >= 0.3 is 0 Å². The highest BCUT2D eigenvalue weighted by molar-refractivity contribution is 7.98. The van der Waals surface area contributed by atoms with Gasteiger partial charge in [-0.1, -0.05) is 36.8 Å². The lowest BCUT2D eigenvalue weighted by Gasteiger charge is -2.43. The normalized spacial score (nSPS) is 17.6. The van der Waals surface area contributed by atoms with Crippen molar-refractivity contribution in [3.8, 4) is 11.5 Å². The van der Waals surface area contributed by atoms with Crippen molar-refractivity contribution in [2.75, 3.05) is 31.8 Å². The van der Waals surface area contributed by atoms with Crippen LogP contribution < -0.4 is 19.5 Å². The van der Waals surface area contributed by atoms with Gasteiger partial charge < -0.3 is 14.8 Å². The number of benzene rings is 2. The summed E-state index contributed by atoms with van der Waals surface area (Å²) in [6.45, 7) is 1.29. The molecule has 1 amide bonds. The van der Waals surface area contributed by atoms with Crippen molar-refractivity contribution in [3.63, 3.8) is 0 Å². The maximum absolute atomic E-state index is 13.1. The molecule has 4 rings (SSSR count). The molecule has 7 nitrogen and oxygen atoms in total. The van der Waals surface area contributed by atoms with Gasteiger partial charge in [0.1, 0.15) is 19.3 Å². The van der Waals surface area contributed by atoms with Crippen molar-refractivity contribution in [1.82, 2.24) is 10.0 Å². The van der Waals surface area contributed by atoms with Gasteiger partial charge in [0.05, 0.1) is 4.90 Å². The first-order valence-electron chi connectivity index (χ1n) is 11.2. The lowest BCUT2D eigenvalue weighted by Crippen LogP contribution is -2.52. The number of sulfonamides is 1. The highest BCUT2D eigenvalue weighted by atomic mass is 32.2. The van der Waals surface area contributed by atoms with Crippen molar-refractivity contribution in [2.24, 2.45) is 0 Å². The van der Waals surface area contributed by atoms with E-state index in [1.807, 2.05) is 24.5 Å². The summed E-state index contributed by atoms with van der Waals surface area (Å²) in [5, 5.41) is 3.04. The molecule has 0 aromatic heterocycles. The van der Waals surface area contributed by atoms with Crippen LogP contribution in [0.15, 0.2) is 53.4 Å². The molecule has 2 aliphatic rings. The summed E-state index contributed by atoms with van der Waals surface area (Å²) in [6.07, 6.45) is 5.47. The Balaban J connectivity index is 1.46. The van der Waals surface area contributed by atoms with Crippen LogP contribution in [0, 0.1) is 0 Å². The Hall–Kier alpha value is -2.23. The Morgan fingerprint density at radius 3 is 2.48 bits per heavy atom. The van der Waals surface area contributed by atoms with Gasteiger partial charge in [-0.25, -0.2) is 8.42 Å². The zero-order valence-electron chi connectivity index (χ0n) is 18.7. The van der Waals surface area contributed by atoms with Crippen LogP contribution in [0.25, 0.3) is 0 Å². The van der Waals surface area contributed by atoms with E-state index in [4.69, 9.17) is 9.47 Å². The van der Waals surface area contributed by atoms with E-state index in [0.29, 0.717) is 43.4 Å². The van der Waals surface area contributed by atoms with Crippen LogP contribution in [0.5, 0.6) is 11.5 Å². The number of carbonyl (C=O) groups is 1. The molecule has 0 bridgehead atoms. The highest BCUT2D eigenvalue weighted by Gasteiger charge is 2.39. The van der Waals surface area contributed by atoms with E-state index in [2.05, 4.69) is 22.2 Å². The van der Waals surface area contributed by atoms with Crippen molar-refractivity contribution in [2.45, 2.75) is 42.0 Å². The molecule has 1 aliphatic carbocycles. The van der Waals surface area contributed by atoms with Gasteiger partial charge in [0.15, 0.2) is 11.5 Å². The van der Waals surface area contributed by atoms with Crippen LogP contribution in [0.2, 0.25) is 0 Å². The highest BCUT2D eigenvalue weighted by Crippen LogP contribution is 2.43. The molecule has 0 saturated heterocycles. The van der Waals surface area contributed by atoms with Gasteiger partial charge in [-0.15, -0.1) is 0 Å². The molecular weight excluding hydrogens is 460 g/mol. The number of ether oxygens (including phenoxy) is 2. The molecule has 2 aromatic carbocycles. The van der Waals surface area contributed by atoms with Crippen molar-refractivity contribution in [1.29, 1.82) is 0 Å². The molecule has 1 fully saturated rings. The molecule has 1 atom stereocenters. The van der Waals surface area contributed by atoms with E-state index in [1.54, 1.807) is 17.8 Å². The lowest BCUT2D eigenvalue weighted by atomic mass is 9.64. The van der Waals surface area contributed by atoms with Crippen molar-refractivity contribution >= 4 is 27.7 Å². The minimum absolute atomic E-state index is 0.0495. The standard InChI is InChI=1S/C24H30N2O5S2/c1-32-15-10-20(23(27)25-17-24(11-5-12-24)18-6-3-2-4-7-18)26-33(28,29)19-8-9-21-22(16-19)31-14-13-30-21/h2-4,6-9,16,20,26H,5,10-15,17H2,1H3,(H,25,27)/t20-/m1/s1. The van der Waals surface area contributed by atoms with E-state index in [0.717, 1.165) is 19.3 Å². The molecule has 9 heteroatoms. The average molecular weight is 491 g/mol. The Morgan fingerprint density at radius 2 is 1.82 bits per heavy atom. The predicted molar refractivity (Wildman–Crippen MR) is 130 cm³/mol. The average Bonchev–Trinajstić information content (AvgIpc) is 2.81. The van der Waals surface area contributed by atoms with Crippen molar-refractivity contribution in [3.05, 3.63) is 54.1 Å². The van der Waals surface area contributed by atoms with E-state index >= 15 is 0 Å². The molecule has 1 saturated carbocycles. The molecular formula is C24H30N2O5S2. The summed E-state index contributed by atoms with van der Waals surface area (Å²) in [7, 11) is -3.92. The fourth-order valence-corrected chi connectivity index (χ4v) is 5.98. The monoisotopic (exact) mass is 490 g/mol. The van der Waals surface area contributed by atoms with Crippen LogP contribution in [0.3, 0.4) is 0 Å². The van der Waals surface area contributed by atoms with Gasteiger partial charge in [-0.3, -0.25) is 4.79 Å². The SMILES string of the molecule is CSCC[C@@H](NS(=O)(=O)c1ccc2c(c1)OCCO2)C(=O)NCC1(c2ccccc2)CCC1. The third-order valence-electron chi connectivity index (χ3n) is 6.35. The molecule has 1 aliphatic heterocycles. The van der Waals surface area contributed by atoms with E-state index in [-0.39, 0.29) is 16.2 Å². The minimum Gasteiger partial charge on any atom is -0.486 e. The van der Waals surface area contributed by atoms with Gasteiger partial charge in [-0.2, -0.15) is 16.5 Å². The number of hydrogen-bond donors (Lipinski definition) is 2. The Labute approximate surface area is 199 Å². The zero-order chi connectivity index (χ0) is 23.3. The molecule has 2 aromatic rings. The van der Waals surface area contributed by atoms with E-state index < -0.39 is 16.1 Å². The van der Waals surface area contributed by atoms with Gasteiger partial charge in [0, 0.05) is 18.0 Å². The first-order valence-corrected chi connectivity index (χ1v) is 14.1. The smallest absolute Gasteiger partial charge is 0.241 e. The summed E-state index contributed by atoms with van der Waals surface area (Å²) in [5.41, 5.74) is 1.14. The number of thioether (sulfide) groups is 1. The Bertz CT molecular complexity index is 1070. The van der Waals surface area contributed by atoms with E-state index in [9.17, 15) is 13.2 Å². The van der Waals surface area contributed by atoms with E-state index in [1.165, 1.54) is 17.7 Å². The predicted octanol–water partition coefficient (Wildman–Crippen LogP) is 3.10. The number of rotatable bonds is 10. The molecule has 33 heavy (non-hydrogen) atoms. The quantitative estimate of drug-likeness (QED) is 0.532. The zero-order valence-corrected chi connectivity index (χ0v) is 20.3. The molecule has 0 radical (unpaired) electrons. The fourth-order valence-electron chi connectivity index (χ4n) is 4.27. The first-order chi connectivity index (χ1) is 15.9. The number of carbonyl (C=O) groups excluding carboxylic acids is 1. The fraction of sp³-hybridized carbons (Fsp3) is 0.458. The third-order valence-corrected chi connectivity index (χ3v) is 8.46. The summed E-state index contributed by atoms with van der Waals surface area (Å²) in [5.74, 6) is 1.27.